The molecule has 74 valence electrons. The fourth-order valence-corrected chi connectivity index (χ4v) is 1.84. The molecular weight excluding hydrogens is 174 g/mol. The summed E-state index contributed by atoms with van der Waals surface area (Å²) in [6.07, 6.45) is 6.78. The van der Waals surface area contributed by atoms with Crippen LogP contribution in [0.25, 0.3) is 0 Å². The van der Waals surface area contributed by atoms with Crippen molar-refractivity contribution in [3.63, 3.8) is 0 Å². The molecule has 0 aromatic heterocycles. The number of aliphatic imine (C=N–C) groups is 1. The normalized spacial score (nSPS) is 18.0. The summed E-state index contributed by atoms with van der Waals surface area (Å²) in [5.41, 5.74) is 0.819. The third-order valence-corrected chi connectivity index (χ3v) is 2.69. The molecule has 1 aliphatic carbocycles. The number of aromatic hydroxyl groups is 1. The van der Waals surface area contributed by atoms with Gasteiger partial charge in [0.2, 0.25) is 0 Å². The molecule has 0 unspecified atom stereocenters. The number of hydrogen-bond acceptors (Lipinski definition) is 2. The van der Waals surface area contributed by atoms with Gasteiger partial charge in [-0.1, -0.05) is 25.0 Å². The Labute approximate surface area is 84.3 Å². The third kappa shape index (κ3) is 2.13. The lowest BCUT2D eigenvalue weighted by atomic mass is 10.2. The molecule has 0 bridgehead atoms. The second-order valence-electron chi connectivity index (χ2n) is 3.78. The van der Waals surface area contributed by atoms with Crippen molar-refractivity contribution in [1.29, 1.82) is 0 Å². The molecular formula is C12H15NO. The van der Waals surface area contributed by atoms with E-state index in [9.17, 15) is 5.11 Å². The van der Waals surface area contributed by atoms with Crippen LogP contribution in [0.2, 0.25) is 0 Å². The van der Waals surface area contributed by atoms with Crippen molar-refractivity contribution in [2.24, 2.45) is 4.99 Å². The standard InChI is InChI=1S/C12H15NO/c14-12-8-4-1-5-10(12)9-13-11-6-2-3-7-11/h1,4-5,8-9,11,14H,2-3,6-7H2. The largest absolute Gasteiger partial charge is 0.507 e. The Morgan fingerprint density at radius 1 is 1.21 bits per heavy atom. The number of benzene rings is 1. The van der Waals surface area contributed by atoms with Crippen LogP contribution in [0.4, 0.5) is 0 Å². The SMILES string of the molecule is Oc1ccccc1C=NC1CCCC1. The molecule has 0 amide bonds. The van der Waals surface area contributed by atoms with E-state index in [1.165, 1.54) is 25.7 Å². The van der Waals surface area contributed by atoms with Crippen LogP contribution >= 0.6 is 0 Å². The molecule has 0 atom stereocenters. The molecule has 2 nitrogen and oxygen atoms in total. The van der Waals surface area contributed by atoms with E-state index in [-0.39, 0.29) is 0 Å². The zero-order valence-electron chi connectivity index (χ0n) is 8.19. The topological polar surface area (TPSA) is 32.6 Å². The molecule has 2 heteroatoms. The van der Waals surface area contributed by atoms with Crippen molar-refractivity contribution in [3.8, 4) is 5.75 Å². The highest BCUT2D eigenvalue weighted by Crippen LogP contribution is 2.21. The van der Waals surface area contributed by atoms with Gasteiger partial charge in [-0.25, -0.2) is 0 Å². The molecule has 1 saturated carbocycles. The van der Waals surface area contributed by atoms with Crippen LogP contribution in [0.5, 0.6) is 5.75 Å². The van der Waals surface area contributed by atoms with E-state index in [0.29, 0.717) is 11.8 Å². The number of para-hydroxylation sites is 1. The average molecular weight is 189 g/mol. The van der Waals surface area contributed by atoms with Gasteiger partial charge >= 0.3 is 0 Å². The smallest absolute Gasteiger partial charge is 0.124 e. The lowest BCUT2D eigenvalue weighted by Crippen LogP contribution is -1.96. The maximum absolute atomic E-state index is 9.49. The van der Waals surface area contributed by atoms with Gasteiger partial charge < -0.3 is 5.11 Å². The summed E-state index contributed by atoms with van der Waals surface area (Å²) < 4.78 is 0. The summed E-state index contributed by atoms with van der Waals surface area (Å²) in [6, 6.07) is 7.79. The first-order chi connectivity index (χ1) is 6.86. The predicted molar refractivity (Wildman–Crippen MR) is 58.0 cm³/mol. The van der Waals surface area contributed by atoms with Gasteiger partial charge in [0, 0.05) is 17.8 Å². The zero-order chi connectivity index (χ0) is 9.80. The van der Waals surface area contributed by atoms with Crippen LogP contribution in [-0.4, -0.2) is 17.4 Å². The molecule has 0 radical (unpaired) electrons. The van der Waals surface area contributed by atoms with E-state index < -0.39 is 0 Å². The number of rotatable bonds is 2. The zero-order valence-corrected chi connectivity index (χ0v) is 8.19. The molecule has 0 heterocycles. The minimum absolute atomic E-state index is 0.314. The Morgan fingerprint density at radius 2 is 1.93 bits per heavy atom. The van der Waals surface area contributed by atoms with Crippen LogP contribution < -0.4 is 0 Å². The van der Waals surface area contributed by atoms with Crippen molar-refractivity contribution in [1.82, 2.24) is 0 Å². The molecule has 0 saturated heterocycles. The second kappa shape index (κ2) is 4.27. The molecule has 1 aromatic rings. The fraction of sp³-hybridized carbons (Fsp3) is 0.417. The quantitative estimate of drug-likeness (QED) is 0.713. The number of nitrogens with zero attached hydrogens (tertiary/aromatic N) is 1. The Bertz CT molecular complexity index is 327. The first kappa shape index (κ1) is 9.25. The van der Waals surface area contributed by atoms with Crippen LogP contribution in [0.15, 0.2) is 29.3 Å². The molecule has 1 aromatic carbocycles. The second-order valence-corrected chi connectivity index (χ2v) is 3.78. The van der Waals surface area contributed by atoms with Gasteiger partial charge in [-0.15, -0.1) is 0 Å². The summed E-state index contributed by atoms with van der Waals surface area (Å²) in [7, 11) is 0. The van der Waals surface area contributed by atoms with Gasteiger partial charge in [-0.2, -0.15) is 0 Å². The molecule has 0 aliphatic heterocycles. The Morgan fingerprint density at radius 3 is 2.64 bits per heavy atom. The van der Waals surface area contributed by atoms with Gasteiger partial charge in [0.1, 0.15) is 5.75 Å². The Hall–Kier alpha value is -1.31. The highest BCUT2D eigenvalue weighted by Gasteiger charge is 2.12. The lowest BCUT2D eigenvalue weighted by Gasteiger charge is -2.01. The van der Waals surface area contributed by atoms with Crippen molar-refractivity contribution < 1.29 is 5.11 Å². The third-order valence-electron chi connectivity index (χ3n) is 2.69. The molecule has 1 fully saturated rings. The molecule has 1 N–H and O–H groups in total. The highest BCUT2D eigenvalue weighted by atomic mass is 16.3. The number of phenols is 1. The summed E-state index contributed by atoms with van der Waals surface area (Å²) in [6.45, 7) is 0. The van der Waals surface area contributed by atoms with E-state index in [1.54, 1.807) is 12.3 Å². The predicted octanol–water partition coefficient (Wildman–Crippen LogP) is 2.75. The van der Waals surface area contributed by atoms with Crippen LogP contribution in [-0.2, 0) is 0 Å². The van der Waals surface area contributed by atoms with E-state index in [2.05, 4.69) is 4.99 Å². The lowest BCUT2D eigenvalue weighted by molar-refractivity contribution is 0.474. The maximum Gasteiger partial charge on any atom is 0.124 e. The van der Waals surface area contributed by atoms with E-state index in [0.717, 1.165) is 5.56 Å². The van der Waals surface area contributed by atoms with Gasteiger partial charge in [-0.05, 0) is 25.0 Å². The van der Waals surface area contributed by atoms with Crippen LogP contribution in [0.1, 0.15) is 31.2 Å². The van der Waals surface area contributed by atoms with E-state index in [4.69, 9.17) is 0 Å². The summed E-state index contributed by atoms with van der Waals surface area (Å²) in [5, 5.41) is 9.49. The molecule has 14 heavy (non-hydrogen) atoms. The van der Waals surface area contributed by atoms with Crippen molar-refractivity contribution in [2.75, 3.05) is 0 Å². The van der Waals surface area contributed by atoms with Gasteiger partial charge in [0.05, 0.1) is 0 Å². The highest BCUT2D eigenvalue weighted by molar-refractivity contribution is 5.83. The summed E-state index contributed by atoms with van der Waals surface area (Å²) in [5.74, 6) is 0.314. The van der Waals surface area contributed by atoms with Gasteiger partial charge in [0.15, 0.2) is 0 Å². The van der Waals surface area contributed by atoms with Crippen molar-refractivity contribution in [2.45, 2.75) is 31.7 Å². The van der Waals surface area contributed by atoms with E-state index in [1.807, 2.05) is 18.2 Å². The average Bonchev–Trinajstić information content (AvgIpc) is 2.69. The summed E-state index contributed by atoms with van der Waals surface area (Å²) in [4.78, 5) is 4.47. The molecule has 2 rings (SSSR count). The maximum atomic E-state index is 9.49. The molecule has 1 aliphatic rings. The minimum atomic E-state index is 0.314. The first-order valence-corrected chi connectivity index (χ1v) is 5.17. The fourth-order valence-electron chi connectivity index (χ4n) is 1.84. The van der Waals surface area contributed by atoms with Crippen molar-refractivity contribution >= 4 is 6.21 Å². The Kier molecular flexibility index (Phi) is 2.82. The minimum Gasteiger partial charge on any atom is -0.507 e. The first-order valence-electron chi connectivity index (χ1n) is 5.17. The van der Waals surface area contributed by atoms with Gasteiger partial charge in [-0.3, -0.25) is 4.99 Å². The van der Waals surface area contributed by atoms with Gasteiger partial charge in [0.25, 0.3) is 0 Å². The van der Waals surface area contributed by atoms with E-state index >= 15 is 0 Å². The van der Waals surface area contributed by atoms with Crippen molar-refractivity contribution in [3.05, 3.63) is 29.8 Å². The Balaban J connectivity index is 2.06. The number of phenolic OH excluding ortho intramolecular Hbond substituents is 1. The van der Waals surface area contributed by atoms with Crippen LogP contribution in [0.3, 0.4) is 0 Å². The number of hydrogen-bond donors (Lipinski definition) is 1. The summed E-state index contributed by atoms with van der Waals surface area (Å²) >= 11 is 0. The molecule has 0 spiro atoms. The monoisotopic (exact) mass is 189 g/mol. The van der Waals surface area contributed by atoms with Crippen LogP contribution in [0, 0.1) is 0 Å².